The minimum Gasteiger partial charge on any atom is -0.493 e. The molecule has 0 unspecified atom stereocenters. The molecule has 0 saturated carbocycles. The molecule has 0 amide bonds. The van der Waals surface area contributed by atoms with Gasteiger partial charge in [0.1, 0.15) is 11.6 Å². The van der Waals surface area contributed by atoms with Gasteiger partial charge in [-0.2, -0.15) is 5.21 Å². The van der Waals surface area contributed by atoms with Crippen molar-refractivity contribution in [2.45, 2.75) is 13.8 Å². The van der Waals surface area contributed by atoms with Crippen molar-refractivity contribution in [3.63, 3.8) is 0 Å². The highest BCUT2D eigenvalue weighted by atomic mass is 16.7. The number of hydrogen-bond donors (Lipinski definition) is 1. The lowest BCUT2D eigenvalue weighted by Gasteiger charge is -2.16. The quantitative estimate of drug-likeness (QED) is 0.115. The number of fused-ring (bicyclic) bond motifs is 1. The van der Waals surface area contributed by atoms with Crippen LogP contribution in [0.2, 0.25) is 0 Å². The lowest BCUT2D eigenvalue weighted by Crippen LogP contribution is -2.13. The van der Waals surface area contributed by atoms with Crippen molar-refractivity contribution in [1.29, 1.82) is 0 Å². The number of nitrogens with one attached hydrogen (secondary N) is 1. The fraction of sp³-hybridized carbons (Fsp3) is 0.118. The molecule has 6 aromatic rings. The number of aromatic nitrogens is 6. The highest BCUT2D eigenvalue weighted by molar-refractivity contribution is 6.03. The van der Waals surface area contributed by atoms with Crippen molar-refractivity contribution < 1.29 is 23.8 Å². The van der Waals surface area contributed by atoms with E-state index in [0.29, 0.717) is 35.0 Å². The number of imidazole rings is 1. The summed E-state index contributed by atoms with van der Waals surface area (Å²) in [6, 6.07) is 28.1. The number of para-hydroxylation sites is 1. The molecule has 2 heterocycles. The summed E-state index contributed by atoms with van der Waals surface area (Å²) in [7, 11) is 0. The van der Waals surface area contributed by atoms with E-state index in [1.165, 1.54) is 6.08 Å². The van der Waals surface area contributed by atoms with Gasteiger partial charge in [0, 0.05) is 23.3 Å². The monoisotopic (exact) mass is 600 g/mol. The summed E-state index contributed by atoms with van der Waals surface area (Å²) >= 11 is 0. The van der Waals surface area contributed by atoms with E-state index < -0.39 is 18.7 Å². The van der Waals surface area contributed by atoms with E-state index in [9.17, 15) is 9.59 Å². The smallest absolute Gasteiger partial charge is 0.343 e. The molecule has 0 bridgehead atoms. The van der Waals surface area contributed by atoms with E-state index >= 15 is 0 Å². The number of esters is 2. The van der Waals surface area contributed by atoms with Crippen molar-refractivity contribution >= 4 is 29.0 Å². The van der Waals surface area contributed by atoms with Crippen LogP contribution in [0.25, 0.3) is 45.3 Å². The Morgan fingerprint density at radius 2 is 1.69 bits per heavy atom. The van der Waals surface area contributed by atoms with Crippen LogP contribution in [0.3, 0.4) is 0 Å². The molecule has 0 aliphatic rings. The molecule has 45 heavy (non-hydrogen) atoms. The highest BCUT2D eigenvalue weighted by Gasteiger charge is 2.21. The minimum atomic E-state index is -0.655. The van der Waals surface area contributed by atoms with Crippen LogP contribution < -0.4 is 4.74 Å². The summed E-state index contributed by atoms with van der Waals surface area (Å²) in [5.74, 6) is 0.468. The van der Waals surface area contributed by atoms with Crippen LogP contribution in [0.4, 0.5) is 0 Å². The molecule has 1 N–H and O–H groups in total. The van der Waals surface area contributed by atoms with Gasteiger partial charge in [0.05, 0.1) is 28.9 Å². The number of nitrogens with zero attached hydrogens (tertiary/aromatic N) is 5. The number of carbonyl (C=O) groups is 2. The lowest BCUT2D eigenvalue weighted by molar-refractivity contribution is -0.145. The molecule has 0 radical (unpaired) electrons. The molecule has 0 fully saturated rings. The number of rotatable bonds is 10. The van der Waals surface area contributed by atoms with Crippen molar-refractivity contribution in [3.8, 4) is 34.0 Å². The van der Waals surface area contributed by atoms with Gasteiger partial charge in [-0.05, 0) is 60.5 Å². The Balaban J connectivity index is 1.29. The molecule has 2 aromatic heterocycles. The first-order chi connectivity index (χ1) is 22.0. The molecule has 0 aliphatic heterocycles. The maximum Gasteiger partial charge on any atom is 0.343 e. The summed E-state index contributed by atoms with van der Waals surface area (Å²) in [5, 5.41) is 14.5. The van der Waals surface area contributed by atoms with Crippen LogP contribution in [0.15, 0.2) is 97.1 Å². The van der Waals surface area contributed by atoms with Crippen molar-refractivity contribution in [1.82, 2.24) is 30.2 Å². The molecule has 0 saturated heterocycles. The van der Waals surface area contributed by atoms with Crippen LogP contribution in [-0.4, -0.2) is 55.5 Å². The Bertz CT molecular complexity index is 2000. The Hall–Kier alpha value is -6.10. The number of benzene rings is 4. The SMILES string of the molecule is CCOc1cc(-n2c(C)nc3cccc(C(=O)OCOC(=O)C=Cc4ccccc4)c32)ccc1-c1ccccc1-c1nn[nH]n1. The lowest BCUT2D eigenvalue weighted by atomic mass is 9.98. The van der Waals surface area contributed by atoms with Gasteiger partial charge in [0.25, 0.3) is 0 Å². The summed E-state index contributed by atoms with van der Waals surface area (Å²) in [6.07, 6.45) is 2.90. The zero-order valence-electron chi connectivity index (χ0n) is 24.5. The zero-order valence-corrected chi connectivity index (χ0v) is 24.5. The van der Waals surface area contributed by atoms with Gasteiger partial charge in [-0.3, -0.25) is 4.57 Å². The second-order valence-corrected chi connectivity index (χ2v) is 9.82. The van der Waals surface area contributed by atoms with Gasteiger partial charge in [-0.15, -0.1) is 10.2 Å². The summed E-state index contributed by atoms with van der Waals surface area (Å²) in [4.78, 5) is 30.1. The molecular formula is C34H28N6O5. The van der Waals surface area contributed by atoms with Gasteiger partial charge >= 0.3 is 11.9 Å². The summed E-state index contributed by atoms with van der Waals surface area (Å²) in [6.45, 7) is 3.66. The van der Waals surface area contributed by atoms with Crippen LogP contribution in [-0.2, 0) is 14.3 Å². The second kappa shape index (κ2) is 13.0. The molecule has 11 heteroatoms. The molecular weight excluding hydrogens is 572 g/mol. The molecule has 4 aromatic carbocycles. The van der Waals surface area contributed by atoms with E-state index in [1.807, 2.05) is 97.3 Å². The van der Waals surface area contributed by atoms with Crippen molar-refractivity contribution in [2.24, 2.45) is 0 Å². The highest BCUT2D eigenvalue weighted by Crippen LogP contribution is 2.38. The molecule has 0 spiro atoms. The van der Waals surface area contributed by atoms with Crippen molar-refractivity contribution in [3.05, 3.63) is 114 Å². The standard InChI is InChI=1S/C34H28N6O5/c1-3-43-30-20-24(17-18-26(30)25-12-7-8-13-27(25)33-36-38-39-37-33)40-22(2)35-29-15-9-14-28(32(29)40)34(42)45-21-44-31(41)19-16-23-10-5-4-6-11-23/h4-20H,3,21H2,1-2H3,(H,36,37,38,39). The van der Waals surface area contributed by atoms with E-state index in [0.717, 1.165) is 27.9 Å². The number of aryl methyl sites for hydroxylation is 1. The Labute approximate surface area is 258 Å². The molecule has 0 aliphatic carbocycles. The van der Waals surface area contributed by atoms with Crippen LogP contribution in [0.1, 0.15) is 28.7 Å². The predicted octanol–water partition coefficient (Wildman–Crippen LogP) is 5.95. The number of tetrazole rings is 1. The summed E-state index contributed by atoms with van der Waals surface area (Å²) < 4.78 is 18.4. The fourth-order valence-electron chi connectivity index (χ4n) is 5.06. The molecule has 224 valence electrons. The number of carbonyl (C=O) groups excluding carboxylic acids is 2. The van der Waals surface area contributed by atoms with Crippen LogP contribution in [0.5, 0.6) is 5.75 Å². The fourth-order valence-corrected chi connectivity index (χ4v) is 5.06. The normalized spacial score (nSPS) is 11.2. The number of aromatic amines is 1. The van der Waals surface area contributed by atoms with E-state index in [2.05, 4.69) is 20.6 Å². The first kappa shape index (κ1) is 29.0. The molecule has 6 rings (SSSR count). The van der Waals surface area contributed by atoms with E-state index in [1.54, 1.807) is 18.2 Å². The third kappa shape index (κ3) is 6.18. The van der Waals surface area contributed by atoms with Crippen molar-refractivity contribution in [2.75, 3.05) is 13.4 Å². The average Bonchev–Trinajstić information content (AvgIpc) is 3.72. The average molecular weight is 601 g/mol. The van der Waals surface area contributed by atoms with Gasteiger partial charge in [-0.25, -0.2) is 14.6 Å². The van der Waals surface area contributed by atoms with Gasteiger partial charge in [-0.1, -0.05) is 60.7 Å². The van der Waals surface area contributed by atoms with E-state index in [-0.39, 0.29) is 5.56 Å². The van der Waals surface area contributed by atoms with Gasteiger partial charge < -0.3 is 14.2 Å². The zero-order chi connectivity index (χ0) is 31.2. The van der Waals surface area contributed by atoms with Crippen LogP contribution in [0, 0.1) is 6.92 Å². The predicted molar refractivity (Wildman–Crippen MR) is 167 cm³/mol. The maximum absolute atomic E-state index is 13.3. The Kier molecular flexibility index (Phi) is 8.40. The Morgan fingerprint density at radius 1 is 0.889 bits per heavy atom. The third-order valence-electron chi connectivity index (χ3n) is 6.99. The topological polar surface area (TPSA) is 134 Å². The minimum absolute atomic E-state index is 0.272. The molecule has 11 nitrogen and oxygen atoms in total. The van der Waals surface area contributed by atoms with E-state index in [4.69, 9.17) is 19.2 Å². The first-order valence-corrected chi connectivity index (χ1v) is 14.2. The third-order valence-corrected chi connectivity index (χ3v) is 6.99. The Morgan fingerprint density at radius 3 is 2.47 bits per heavy atom. The molecule has 0 atom stereocenters. The number of hydrogen-bond acceptors (Lipinski definition) is 9. The summed E-state index contributed by atoms with van der Waals surface area (Å²) in [5.41, 5.74) is 5.52. The number of ether oxygens (including phenoxy) is 3. The van der Waals surface area contributed by atoms with Gasteiger partial charge in [0.2, 0.25) is 12.6 Å². The second-order valence-electron chi connectivity index (χ2n) is 9.82. The maximum atomic E-state index is 13.3. The van der Waals surface area contributed by atoms with Gasteiger partial charge in [0.15, 0.2) is 0 Å². The van der Waals surface area contributed by atoms with Crippen LogP contribution >= 0.6 is 0 Å². The first-order valence-electron chi connectivity index (χ1n) is 14.2. The largest absolute Gasteiger partial charge is 0.493 e. The number of H-pyrrole nitrogens is 1.